The van der Waals surface area contributed by atoms with E-state index in [0.717, 1.165) is 23.3 Å². The van der Waals surface area contributed by atoms with E-state index in [4.69, 9.17) is 4.74 Å². The van der Waals surface area contributed by atoms with E-state index in [2.05, 4.69) is 53.3 Å². The maximum Gasteiger partial charge on any atom is 0.138 e. The molecule has 2 aromatic carbocycles. The van der Waals surface area contributed by atoms with Crippen molar-refractivity contribution in [2.75, 3.05) is 6.54 Å². The van der Waals surface area contributed by atoms with Gasteiger partial charge in [0, 0.05) is 12.1 Å². The highest BCUT2D eigenvalue weighted by Crippen LogP contribution is 2.29. The molecule has 0 fully saturated rings. The van der Waals surface area contributed by atoms with Crippen LogP contribution in [0.4, 0.5) is 0 Å². The summed E-state index contributed by atoms with van der Waals surface area (Å²) < 4.78 is 7.03. The lowest BCUT2D eigenvalue weighted by Crippen LogP contribution is -2.19. The lowest BCUT2D eigenvalue weighted by Gasteiger charge is -2.15. The molecule has 21 heavy (non-hydrogen) atoms. The predicted octanol–water partition coefficient (Wildman–Crippen LogP) is 4.77. The van der Waals surface area contributed by atoms with Crippen molar-refractivity contribution in [3.8, 4) is 5.75 Å². The molecule has 0 saturated carbocycles. The van der Waals surface area contributed by atoms with Gasteiger partial charge in [0.1, 0.15) is 12.4 Å². The third-order valence-electron chi connectivity index (χ3n) is 3.14. The van der Waals surface area contributed by atoms with Crippen LogP contribution in [0.15, 0.2) is 53.0 Å². The first kappa shape index (κ1) is 16.1. The smallest absolute Gasteiger partial charge is 0.138 e. The van der Waals surface area contributed by atoms with Crippen LogP contribution in [-0.2, 0) is 13.2 Å². The zero-order chi connectivity index (χ0) is 15.1. The van der Waals surface area contributed by atoms with Gasteiger partial charge in [0.15, 0.2) is 0 Å². The maximum atomic E-state index is 6.02. The number of halogens is 1. The van der Waals surface area contributed by atoms with Crippen LogP contribution in [0.1, 0.15) is 25.0 Å². The van der Waals surface area contributed by atoms with Crippen molar-refractivity contribution < 1.29 is 4.74 Å². The van der Waals surface area contributed by atoms with E-state index in [1.807, 2.05) is 30.3 Å². The van der Waals surface area contributed by atoms with Gasteiger partial charge in [-0.3, -0.25) is 0 Å². The van der Waals surface area contributed by atoms with Gasteiger partial charge in [-0.1, -0.05) is 56.3 Å². The number of hydrogen-bond donors (Lipinski definition) is 1. The molecule has 0 amide bonds. The Labute approximate surface area is 135 Å². The molecule has 2 nitrogen and oxygen atoms in total. The van der Waals surface area contributed by atoms with E-state index in [1.54, 1.807) is 0 Å². The van der Waals surface area contributed by atoms with Crippen LogP contribution >= 0.6 is 15.9 Å². The molecule has 0 radical (unpaired) electrons. The third-order valence-corrected chi connectivity index (χ3v) is 3.77. The van der Waals surface area contributed by atoms with Crippen molar-refractivity contribution in [3.05, 3.63) is 64.1 Å². The Kier molecular flexibility index (Phi) is 6.27. The number of para-hydroxylation sites is 1. The number of ether oxygens (including phenoxy) is 1. The molecule has 0 aromatic heterocycles. The van der Waals surface area contributed by atoms with Crippen LogP contribution in [0.2, 0.25) is 0 Å². The van der Waals surface area contributed by atoms with Crippen LogP contribution in [0.25, 0.3) is 0 Å². The highest BCUT2D eigenvalue weighted by atomic mass is 79.9. The highest BCUT2D eigenvalue weighted by molar-refractivity contribution is 9.10. The lowest BCUT2D eigenvalue weighted by molar-refractivity contribution is 0.300. The fourth-order valence-corrected chi connectivity index (χ4v) is 2.60. The minimum Gasteiger partial charge on any atom is -0.487 e. The first-order valence-corrected chi connectivity index (χ1v) is 8.11. The number of rotatable bonds is 7. The third kappa shape index (κ3) is 5.18. The first-order valence-electron chi connectivity index (χ1n) is 7.31. The molecule has 0 bridgehead atoms. The Morgan fingerprint density at radius 2 is 1.81 bits per heavy atom. The Morgan fingerprint density at radius 1 is 1.05 bits per heavy atom. The highest BCUT2D eigenvalue weighted by Gasteiger charge is 2.08. The predicted molar refractivity (Wildman–Crippen MR) is 91.5 cm³/mol. The van der Waals surface area contributed by atoms with Crippen molar-refractivity contribution in [2.45, 2.75) is 27.0 Å². The molecule has 112 valence electrons. The van der Waals surface area contributed by atoms with Crippen molar-refractivity contribution in [1.29, 1.82) is 0 Å². The summed E-state index contributed by atoms with van der Waals surface area (Å²) in [5, 5.41) is 3.47. The molecule has 0 aliphatic heterocycles. The minimum atomic E-state index is 0.584. The second kappa shape index (κ2) is 8.20. The van der Waals surface area contributed by atoms with Gasteiger partial charge in [-0.25, -0.2) is 0 Å². The standard InChI is InChI=1S/C18H22BrNO/c1-14(2)11-20-12-16-9-6-10-17(19)18(16)21-13-15-7-4-3-5-8-15/h3-10,14,20H,11-13H2,1-2H3. The van der Waals surface area contributed by atoms with Crippen molar-refractivity contribution >= 4 is 15.9 Å². The van der Waals surface area contributed by atoms with Crippen LogP contribution in [0, 0.1) is 5.92 Å². The van der Waals surface area contributed by atoms with Gasteiger partial charge < -0.3 is 10.1 Å². The zero-order valence-corrected chi connectivity index (χ0v) is 14.2. The molecule has 2 rings (SSSR count). The molecule has 0 unspecified atom stereocenters. The summed E-state index contributed by atoms with van der Waals surface area (Å²) in [5.74, 6) is 1.57. The Morgan fingerprint density at radius 3 is 2.52 bits per heavy atom. The zero-order valence-electron chi connectivity index (χ0n) is 12.6. The fraction of sp³-hybridized carbons (Fsp3) is 0.333. The summed E-state index contributed by atoms with van der Waals surface area (Å²) >= 11 is 3.59. The number of hydrogen-bond acceptors (Lipinski definition) is 2. The molecule has 0 atom stereocenters. The molecule has 0 aliphatic rings. The second-order valence-corrected chi connectivity index (χ2v) is 6.38. The molecule has 0 heterocycles. The van der Waals surface area contributed by atoms with E-state index in [9.17, 15) is 0 Å². The van der Waals surface area contributed by atoms with Gasteiger partial charge in [-0.2, -0.15) is 0 Å². The molecule has 2 aromatic rings. The summed E-state index contributed by atoms with van der Waals surface area (Å²) in [6, 6.07) is 16.4. The second-order valence-electron chi connectivity index (χ2n) is 5.53. The average molecular weight is 348 g/mol. The monoisotopic (exact) mass is 347 g/mol. The number of benzene rings is 2. The quantitative estimate of drug-likeness (QED) is 0.778. The molecule has 1 N–H and O–H groups in total. The van der Waals surface area contributed by atoms with E-state index >= 15 is 0 Å². The van der Waals surface area contributed by atoms with E-state index in [1.165, 1.54) is 11.1 Å². The fourth-order valence-electron chi connectivity index (χ4n) is 2.08. The minimum absolute atomic E-state index is 0.584. The van der Waals surface area contributed by atoms with Crippen molar-refractivity contribution in [1.82, 2.24) is 5.32 Å². The Hall–Kier alpha value is -1.32. The van der Waals surface area contributed by atoms with Gasteiger partial charge in [-0.05, 0) is 40.0 Å². The summed E-state index contributed by atoms with van der Waals surface area (Å²) in [6.45, 7) is 6.83. The van der Waals surface area contributed by atoms with Gasteiger partial charge in [0.05, 0.1) is 4.47 Å². The van der Waals surface area contributed by atoms with E-state index in [-0.39, 0.29) is 0 Å². The van der Waals surface area contributed by atoms with E-state index < -0.39 is 0 Å². The molecular weight excluding hydrogens is 326 g/mol. The van der Waals surface area contributed by atoms with Crippen molar-refractivity contribution in [2.24, 2.45) is 5.92 Å². The first-order chi connectivity index (χ1) is 10.2. The maximum absolute atomic E-state index is 6.02. The summed E-state index contributed by atoms with van der Waals surface area (Å²) in [5.41, 5.74) is 2.36. The molecule has 3 heteroatoms. The van der Waals surface area contributed by atoms with Gasteiger partial charge >= 0.3 is 0 Å². The van der Waals surface area contributed by atoms with Crippen LogP contribution < -0.4 is 10.1 Å². The Bertz CT molecular complexity index is 554. The molecule has 0 saturated heterocycles. The largest absolute Gasteiger partial charge is 0.487 e. The van der Waals surface area contributed by atoms with E-state index in [0.29, 0.717) is 12.5 Å². The summed E-state index contributed by atoms with van der Waals surface area (Å²) in [4.78, 5) is 0. The van der Waals surface area contributed by atoms with Gasteiger partial charge in [-0.15, -0.1) is 0 Å². The SMILES string of the molecule is CC(C)CNCc1cccc(Br)c1OCc1ccccc1. The molecule has 0 aliphatic carbocycles. The average Bonchev–Trinajstić information content (AvgIpc) is 2.47. The number of nitrogens with one attached hydrogen (secondary N) is 1. The normalized spacial score (nSPS) is 10.9. The van der Waals surface area contributed by atoms with Crippen LogP contribution in [0.5, 0.6) is 5.75 Å². The molecule has 0 spiro atoms. The summed E-state index contributed by atoms with van der Waals surface area (Å²) in [7, 11) is 0. The van der Waals surface area contributed by atoms with Gasteiger partial charge in [0.2, 0.25) is 0 Å². The lowest BCUT2D eigenvalue weighted by atomic mass is 10.1. The van der Waals surface area contributed by atoms with Crippen molar-refractivity contribution in [3.63, 3.8) is 0 Å². The van der Waals surface area contributed by atoms with Crippen LogP contribution in [-0.4, -0.2) is 6.54 Å². The Balaban J connectivity index is 2.03. The van der Waals surface area contributed by atoms with Crippen LogP contribution in [0.3, 0.4) is 0 Å². The van der Waals surface area contributed by atoms with Gasteiger partial charge in [0.25, 0.3) is 0 Å². The molecular formula is C18H22BrNO. The topological polar surface area (TPSA) is 21.3 Å². The summed E-state index contributed by atoms with van der Waals surface area (Å²) in [6.07, 6.45) is 0.